The van der Waals surface area contributed by atoms with Gasteiger partial charge >= 0.3 is 12.0 Å². The Labute approximate surface area is 116 Å². The molecule has 8 nitrogen and oxygen atoms in total. The van der Waals surface area contributed by atoms with E-state index in [2.05, 4.69) is 16.0 Å². The lowest BCUT2D eigenvalue weighted by molar-refractivity contribution is -0.141. The molecule has 8 heteroatoms. The number of rotatable bonds is 8. The van der Waals surface area contributed by atoms with Gasteiger partial charge in [-0.1, -0.05) is 0 Å². The van der Waals surface area contributed by atoms with Crippen molar-refractivity contribution in [3.63, 3.8) is 0 Å². The Kier molecular flexibility index (Phi) is 6.23. The molecule has 20 heavy (non-hydrogen) atoms. The normalized spacial score (nSPS) is 16.9. The van der Waals surface area contributed by atoms with Crippen molar-refractivity contribution in [3.05, 3.63) is 0 Å². The van der Waals surface area contributed by atoms with Crippen molar-refractivity contribution in [2.24, 2.45) is 0 Å². The average molecular weight is 287 g/mol. The van der Waals surface area contributed by atoms with Crippen LogP contribution in [0.5, 0.6) is 0 Å². The molecule has 0 saturated heterocycles. The number of aliphatic hydroxyl groups excluding tert-OH is 1. The van der Waals surface area contributed by atoms with E-state index >= 15 is 0 Å². The number of hydrogen-bond donors (Lipinski definition) is 5. The van der Waals surface area contributed by atoms with Crippen molar-refractivity contribution in [3.8, 4) is 0 Å². The minimum atomic E-state index is -1.35. The lowest BCUT2D eigenvalue weighted by atomic mass is 10.2. The van der Waals surface area contributed by atoms with E-state index in [0.717, 1.165) is 12.8 Å². The third-order valence-corrected chi connectivity index (χ3v) is 2.84. The summed E-state index contributed by atoms with van der Waals surface area (Å²) in [5.41, 5.74) is 0. The molecule has 3 amide bonds. The Hall–Kier alpha value is -1.83. The van der Waals surface area contributed by atoms with Crippen LogP contribution >= 0.6 is 0 Å². The van der Waals surface area contributed by atoms with E-state index in [0.29, 0.717) is 18.9 Å². The molecule has 0 aromatic heterocycles. The first-order valence-electron chi connectivity index (χ1n) is 6.64. The van der Waals surface area contributed by atoms with Crippen LogP contribution in [0.4, 0.5) is 4.79 Å². The summed E-state index contributed by atoms with van der Waals surface area (Å²) in [6, 6.07) is -1.71. The van der Waals surface area contributed by atoms with Gasteiger partial charge in [-0.25, -0.2) is 9.59 Å². The Bertz CT molecular complexity index is 368. The number of urea groups is 1. The number of aliphatic hydroxyl groups is 1. The predicted molar refractivity (Wildman–Crippen MR) is 70.0 cm³/mol. The van der Waals surface area contributed by atoms with Crippen LogP contribution in [0.1, 0.15) is 32.6 Å². The van der Waals surface area contributed by atoms with Crippen LogP contribution in [0, 0.1) is 0 Å². The number of carboxylic acids is 1. The Morgan fingerprint density at radius 3 is 2.45 bits per heavy atom. The number of aliphatic carboxylic acids is 1. The van der Waals surface area contributed by atoms with Gasteiger partial charge in [0.15, 0.2) is 6.04 Å². The topological polar surface area (TPSA) is 128 Å². The second-order valence-electron chi connectivity index (χ2n) is 4.90. The number of hydrogen-bond acceptors (Lipinski definition) is 4. The summed E-state index contributed by atoms with van der Waals surface area (Å²) in [6.07, 6.45) is 1.65. The van der Waals surface area contributed by atoms with Crippen LogP contribution in [0.25, 0.3) is 0 Å². The van der Waals surface area contributed by atoms with Crippen molar-refractivity contribution >= 4 is 17.9 Å². The first kappa shape index (κ1) is 16.2. The maximum Gasteiger partial charge on any atom is 0.328 e. The van der Waals surface area contributed by atoms with Gasteiger partial charge in [-0.2, -0.15) is 0 Å². The monoisotopic (exact) mass is 287 g/mol. The van der Waals surface area contributed by atoms with Gasteiger partial charge in [-0.05, 0) is 26.2 Å². The van der Waals surface area contributed by atoms with Crippen molar-refractivity contribution in [2.75, 3.05) is 6.54 Å². The molecule has 1 fully saturated rings. The molecule has 0 aliphatic heterocycles. The molecule has 0 aromatic rings. The van der Waals surface area contributed by atoms with Crippen LogP contribution in [0.15, 0.2) is 0 Å². The molecule has 1 aliphatic rings. The number of carbonyl (C=O) groups excluding carboxylic acids is 2. The molecule has 1 rings (SSSR count). The van der Waals surface area contributed by atoms with Crippen molar-refractivity contribution in [1.29, 1.82) is 0 Å². The molecule has 0 radical (unpaired) electrons. The van der Waals surface area contributed by atoms with Crippen LogP contribution in [0.2, 0.25) is 0 Å². The molecule has 0 aromatic carbocycles. The van der Waals surface area contributed by atoms with Crippen LogP contribution in [0.3, 0.4) is 0 Å². The van der Waals surface area contributed by atoms with E-state index in [1.165, 1.54) is 6.92 Å². The van der Waals surface area contributed by atoms with E-state index in [1.54, 1.807) is 0 Å². The largest absolute Gasteiger partial charge is 0.480 e. The smallest absolute Gasteiger partial charge is 0.328 e. The highest BCUT2D eigenvalue weighted by Crippen LogP contribution is 2.18. The van der Waals surface area contributed by atoms with Crippen LogP contribution < -0.4 is 16.0 Å². The van der Waals surface area contributed by atoms with Gasteiger partial charge in [0, 0.05) is 19.0 Å². The van der Waals surface area contributed by atoms with E-state index in [9.17, 15) is 19.5 Å². The van der Waals surface area contributed by atoms with Crippen LogP contribution in [-0.4, -0.2) is 52.9 Å². The standard InChI is InChI=1S/C12H21N3O5/c1-7(16)10(11(18)19)15-12(20)13-6-2-3-9(17)14-8-4-5-8/h7-8,10,16H,2-6H2,1H3,(H,14,17)(H,18,19)(H2,13,15,20). The minimum Gasteiger partial charge on any atom is -0.480 e. The fourth-order valence-electron chi connectivity index (χ4n) is 1.56. The van der Waals surface area contributed by atoms with Gasteiger partial charge in [0.1, 0.15) is 0 Å². The second kappa shape index (κ2) is 7.68. The van der Waals surface area contributed by atoms with Crippen LogP contribution in [-0.2, 0) is 9.59 Å². The molecule has 2 unspecified atom stereocenters. The Balaban J connectivity index is 2.12. The molecule has 0 heterocycles. The molecule has 1 saturated carbocycles. The number of amides is 3. The van der Waals surface area contributed by atoms with E-state index in [1.807, 2.05) is 0 Å². The summed E-state index contributed by atoms with van der Waals surface area (Å²) in [5.74, 6) is -1.35. The summed E-state index contributed by atoms with van der Waals surface area (Å²) >= 11 is 0. The predicted octanol–water partition coefficient (Wildman–Crippen LogP) is -0.822. The summed E-state index contributed by atoms with van der Waals surface area (Å²) < 4.78 is 0. The van der Waals surface area contributed by atoms with E-state index < -0.39 is 24.1 Å². The highest BCUT2D eigenvalue weighted by molar-refractivity contribution is 5.83. The Morgan fingerprint density at radius 2 is 1.95 bits per heavy atom. The minimum absolute atomic E-state index is 0.0397. The van der Waals surface area contributed by atoms with Gasteiger partial charge in [0.2, 0.25) is 5.91 Å². The number of carbonyl (C=O) groups is 3. The molecular weight excluding hydrogens is 266 g/mol. The SMILES string of the molecule is CC(O)C(NC(=O)NCCCC(=O)NC1CC1)C(=O)O. The molecular formula is C12H21N3O5. The maximum absolute atomic E-state index is 11.4. The van der Waals surface area contributed by atoms with Crippen molar-refractivity contribution in [2.45, 2.75) is 50.8 Å². The zero-order valence-corrected chi connectivity index (χ0v) is 11.4. The number of nitrogens with one attached hydrogen (secondary N) is 3. The van der Waals surface area contributed by atoms with Crippen molar-refractivity contribution in [1.82, 2.24) is 16.0 Å². The Morgan fingerprint density at radius 1 is 1.30 bits per heavy atom. The highest BCUT2D eigenvalue weighted by atomic mass is 16.4. The molecule has 114 valence electrons. The first-order valence-corrected chi connectivity index (χ1v) is 6.64. The zero-order valence-electron chi connectivity index (χ0n) is 11.4. The summed E-state index contributed by atoms with van der Waals surface area (Å²) in [4.78, 5) is 33.5. The maximum atomic E-state index is 11.4. The highest BCUT2D eigenvalue weighted by Gasteiger charge is 2.25. The van der Waals surface area contributed by atoms with Gasteiger partial charge in [-0.15, -0.1) is 0 Å². The van der Waals surface area contributed by atoms with Gasteiger partial charge in [0.25, 0.3) is 0 Å². The van der Waals surface area contributed by atoms with Crippen molar-refractivity contribution < 1.29 is 24.6 Å². The quantitative estimate of drug-likeness (QED) is 0.373. The molecule has 0 spiro atoms. The summed E-state index contributed by atoms with van der Waals surface area (Å²) in [6.45, 7) is 1.54. The fourth-order valence-corrected chi connectivity index (χ4v) is 1.56. The molecule has 0 bridgehead atoms. The first-order chi connectivity index (χ1) is 9.40. The molecule has 2 atom stereocenters. The lowest BCUT2D eigenvalue weighted by Gasteiger charge is -2.17. The molecule has 1 aliphatic carbocycles. The summed E-state index contributed by atoms with van der Waals surface area (Å²) in [5, 5.41) is 25.4. The third kappa shape index (κ3) is 6.37. The number of carboxylic acid groups (broad SMARTS) is 1. The zero-order chi connectivity index (χ0) is 15.1. The fraction of sp³-hybridized carbons (Fsp3) is 0.750. The second-order valence-corrected chi connectivity index (χ2v) is 4.90. The lowest BCUT2D eigenvalue weighted by Crippen LogP contribution is -2.51. The van der Waals surface area contributed by atoms with Gasteiger partial charge in [-0.3, -0.25) is 4.79 Å². The summed E-state index contributed by atoms with van der Waals surface area (Å²) in [7, 11) is 0. The average Bonchev–Trinajstić information content (AvgIpc) is 3.14. The van der Waals surface area contributed by atoms with E-state index in [4.69, 9.17) is 5.11 Å². The van der Waals surface area contributed by atoms with Gasteiger partial charge < -0.3 is 26.2 Å². The third-order valence-electron chi connectivity index (χ3n) is 2.84. The van der Waals surface area contributed by atoms with Gasteiger partial charge in [0.05, 0.1) is 6.10 Å². The van der Waals surface area contributed by atoms with E-state index in [-0.39, 0.29) is 12.5 Å². The molecule has 5 N–H and O–H groups in total.